The Balaban J connectivity index is 1.25. The predicted molar refractivity (Wildman–Crippen MR) is 131 cm³/mol. The van der Waals surface area contributed by atoms with Gasteiger partial charge in [-0.05, 0) is 62.2 Å². The normalized spacial score (nSPS) is 23.9. The highest BCUT2D eigenvalue weighted by Gasteiger charge is 2.48. The summed E-state index contributed by atoms with van der Waals surface area (Å²) in [6, 6.07) is 8.74. The van der Waals surface area contributed by atoms with Crippen LogP contribution in [0.5, 0.6) is 0 Å². The zero-order valence-corrected chi connectivity index (χ0v) is 20.0. The first-order chi connectivity index (χ1) is 17.1. The first-order valence-electron chi connectivity index (χ1n) is 12.4. The number of nitrogens with one attached hydrogen (secondary N) is 2. The van der Waals surface area contributed by atoms with Gasteiger partial charge in [0.05, 0.1) is 23.6 Å². The molecule has 0 spiro atoms. The number of pyridine rings is 1. The first-order valence-corrected chi connectivity index (χ1v) is 12.4. The van der Waals surface area contributed by atoms with Crippen molar-refractivity contribution < 1.29 is 9.53 Å². The van der Waals surface area contributed by atoms with E-state index in [1.165, 1.54) is 12.0 Å². The van der Waals surface area contributed by atoms with Crippen molar-refractivity contribution in [3.63, 3.8) is 0 Å². The van der Waals surface area contributed by atoms with Gasteiger partial charge < -0.3 is 24.8 Å². The van der Waals surface area contributed by atoms with E-state index in [2.05, 4.69) is 56.5 Å². The van der Waals surface area contributed by atoms with E-state index in [1.54, 1.807) is 0 Å². The van der Waals surface area contributed by atoms with Gasteiger partial charge in [0.2, 0.25) is 0 Å². The second-order valence-electron chi connectivity index (χ2n) is 10.4. The van der Waals surface area contributed by atoms with Gasteiger partial charge in [0.25, 0.3) is 5.91 Å². The van der Waals surface area contributed by atoms with Crippen LogP contribution in [0.2, 0.25) is 0 Å². The Labute approximate surface area is 203 Å². The molecule has 1 amide bonds. The van der Waals surface area contributed by atoms with Crippen molar-refractivity contribution in [3.8, 4) is 11.4 Å². The number of carbonyl (C=O) groups excluding carboxylic acids is 1. The molecule has 3 atom stereocenters. The summed E-state index contributed by atoms with van der Waals surface area (Å²) in [7, 11) is 4.11. The third-order valence-electron chi connectivity index (χ3n) is 7.74. The molecule has 1 saturated heterocycles. The molecule has 180 valence electrons. The van der Waals surface area contributed by atoms with Crippen LogP contribution in [-0.4, -0.2) is 57.9 Å². The zero-order valence-electron chi connectivity index (χ0n) is 20.0. The Bertz CT molecular complexity index is 1340. The first kappa shape index (κ1) is 21.0. The topological polar surface area (TPSA) is 97.2 Å². The highest BCUT2D eigenvalue weighted by molar-refractivity contribution is 6.05. The molecule has 3 aliphatic heterocycles. The molecular weight excluding hydrogens is 442 g/mol. The van der Waals surface area contributed by atoms with Crippen molar-refractivity contribution in [2.75, 3.05) is 32.6 Å². The van der Waals surface area contributed by atoms with Gasteiger partial charge in [-0.2, -0.15) is 0 Å². The number of fused-ring (bicyclic) bond motifs is 4. The molecule has 4 aliphatic rings. The smallest absolute Gasteiger partial charge is 0.254 e. The molecular formula is C26H29N7O2. The number of amides is 1. The number of hydrogen-bond acceptors (Lipinski definition) is 7. The molecule has 2 unspecified atom stereocenters. The molecule has 1 saturated carbocycles. The maximum atomic E-state index is 12.9. The molecule has 1 aromatic carbocycles. The van der Waals surface area contributed by atoms with Crippen LogP contribution in [0, 0.1) is 5.92 Å². The van der Waals surface area contributed by atoms with E-state index in [0.717, 1.165) is 72.6 Å². The Morgan fingerprint density at radius 2 is 2.14 bits per heavy atom. The molecule has 2 fully saturated rings. The summed E-state index contributed by atoms with van der Waals surface area (Å²) >= 11 is 0. The minimum Gasteiger partial charge on any atom is -0.381 e. The molecule has 0 radical (unpaired) electrons. The fraction of sp³-hybridized carbons (Fsp3) is 0.462. The fourth-order valence-corrected chi connectivity index (χ4v) is 5.96. The van der Waals surface area contributed by atoms with E-state index in [1.807, 2.05) is 12.1 Å². The van der Waals surface area contributed by atoms with Crippen molar-refractivity contribution in [2.24, 2.45) is 5.92 Å². The largest absolute Gasteiger partial charge is 0.381 e. The van der Waals surface area contributed by atoms with Crippen LogP contribution in [0.25, 0.3) is 11.4 Å². The van der Waals surface area contributed by atoms with Gasteiger partial charge in [-0.1, -0.05) is 6.07 Å². The van der Waals surface area contributed by atoms with Crippen molar-refractivity contribution in [2.45, 2.75) is 44.3 Å². The lowest BCUT2D eigenvalue weighted by Crippen LogP contribution is -2.16. The molecule has 2 N–H and O–H groups in total. The van der Waals surface area contributed by atoms with Crippen molar-refractivity contribution in [1.29, 1.82) is 0 Å². The number of anilines is 2. The molecule has 5 heterocycles. The molecule has 2 aromatic heterocycles. The van der Waals surface area contributed by atoms with Crippen LogP contribution in [0.3, 0.4) is 0 Å². The average Bonchev–Trinajstić information content (AvgIpc) is 3.30. The highest BCUT2D eigenvalue weighted by atomic mass is 16.5. The van der Waals surface area contributed by atoms with Crippen molar-refractivity contribution >= 4 is 17.4 Å². The summed E-state index contributed by atoms with van der Waals surface area (Å²) in [5.41, 5.74) is 5.71. The Hall–Kier alpha value is -3.30. The van der Waals surface area contributed by atoms with Gasteiger partial charge in [-0.25, -0.2) is 4.98 Å². The minimum absolute atomic E-state index is 0.0666. The van der Waals surface area contributed by atoms with Gasteiger partial charge in [0, 0.05) is 43.6 Å². The molecule has 35 heavy (non-hydrogen) atoms. The van der Waals surface area contributed by atoms with E-state index in [4.69, 9.17) is 9.72 Å². The SMILES string of the molecule is CN(C)Cc1nc(Nc2ccc(-c3nnc4n3C3CC3C4)c3c2C(=O)NC3)ccc1[C@H]1CCOC1. The summed E-state index contributed by atoms with van der Waals surface area (Å²) in [6.07, 6.45) is 3.25. The number of aromatic nitrogens is 4. The van der Waals surface area contributed by atoms with E-state index >= 15 is 0 Å². The minimum atomic E-state index is -0.0666. The molecule has 1 aliphatic carbocycles. The Morgan fingerprint density at radius 1 is 1.23 bits per heavy atom. The summed E-state index contributed by atoms with van der Waals surface area (Å²) in [6.45, 7) is 2.79. The van der Waals surface area contributed by atoms with Crippen LogP contribution < -0.4 is 10.6 Å². The molecule has 9 nitrogen and oxygen atoms in total. The summed E-state index contributed by atoms with van der Waals surface area (Å²) in [4.78, 5) is 20.0. The quantitative estimate of drug-likeness (QED) is 0.570. The van der Waals surface area contributed by atoms with E-state index in [-0.39, 0.29) is 5.91 Å². The van der Waals surface area contributed by atoms with E-state index in [0.29, 0.717) is 30.0 Å². The third-order valence-corrected chi connectivity index (χ3v) is 7.74. The lowest BCUT2D eigenvalue weighted by Gasteiger charge is -2.19. The summed E-state index contributed by atoms with van der Waals surface area (Å²) in [5, 5.41) is 15.4. The monoisotopic (exact) mass is 471 g/mol. The van der Waals surface area contributed by atoms with Gasteiger partial charge >= 0.3 is 0 Å². The molecule has 7 rings (SSSR count). The summed E-state index contributed by atoms with van der Waals surface area (Å²) < 4.78 is 7.91. The lowest BCUT2D eigenvalue weighted by molar-refractivity contribution is 0.0966. The van der Waals surface area contributed by atoms with Crippen LogP contribution in [0.1, 0.15) is 57.8 Å². The average molecular weight is 472 g/mol. The maximum Gasteiger partial charge on any atom is 0.254 e. The van der Waals surface area contributed by atoms with Crippen LogP contribution >= 0.6 is 0 Å². The number of hydrogen-bond donors (Lipinski definition) is 2. The van der Waals surface area contributed by atoms with E-state index < -0.39 is 0 Å². The third kappa shape index (κ3) is 3.44. The lowest BCUT2D eigenvalue weighted by atomic mass is 9.96. The summed E-state index contributed by atoms with van der Waals surface area (Å²) in [5.74, 6) is 3.73. The zero-order chi connectivity index (χ0) is 23.7. The second kappa shape index (κ2) is 7.86. The van der Waals surface area contributed by atoms with Gasteiger partial charge in [-0.3, -0.25) is 4.79 Å². The second-order valence-corrected chi connectivity index (χ2v) is 10.4. The number of nitrogens with zero attached hydrogens (tertiary/aromatic N) is 5. The molecule has 9 heteroatoms. The molecule has 0 bridgehead atoms. The number of carbonyl (C=O) groups is 1. The number of benzene rings is 1. The van der Waals surface area contributed by atoms with Gasteiger partial charge in [0.1, 0.15) is 11.6 Å². The van der Waals surface area contributed by atoms with Gasteiger partial charge in [0.15, 0.2) is 5.82 Å². The van der Waals surface area contributed by atoms with Crippen LogP contribution in [-0.2, 0) is 24.2 Å². The highest BCUT2D eigenvalue weighted by Crippen LogP contribution is 2.53. The van der Waals surface area contributed by atoms with Gasteiger partial charge in [-0.15, -0.1) is 10.2 Å². The Morgan fingerprint density at radius 3 is 2.97 bits per heavy atom. The van der Waals surface area contributed by atoms with Crippen molar-refractivity contribution in [1.82, 2.24) is 30.0 Å². The maximum absolute atomic E-state index is 12.9. The standard InChI is InChI=1S/C26H29N7O2/c1-32(2)12-20-16(14-7-8-35-13-14)4-6-22(29-20)28-19-5-3-17(18-11-27-26(34)24(18)19)25-31-30-23-10-15-9-21(15)33(23)25/h3-6,14-15,21H,7-13H2,1-2H3,(H,27,34)(H,28,29)/t14-,15?,21?/m0/s1. The number of rotatable bonds is 6. The van der Waals surface area contributed by atoms with E-state index in [9.17, 15) is 4.79 Å². The van der Waals surface area contributed by atoms with Crippen molar-refractivity contribution in [3.05, 3.63) is 52.5 Å². The fourth-order valence-electron chi connectivity index (χ4n) is 5.96. The predicted octanol–water partition coefficient (Wildman–Crippen LogP) is 3.01. The van der Waals surface area contributed by atoms with Crippen LogP contribution in [0.15, 0.2) is 24.3 Å². The number of ether oxygens (including phenoxy) is 1. The molecule has 3 aromatic rings. The van der Waals surface area contributed by atoms with Crippen LogP contribution in [0.4, 0.5) is 11.5 Å². The Kier molecular flexibility index (Phi) is 4.72.